The van der Waals surface area contributed by atoms with Crippen LogP contribution in [-0.4, -0.2) is 31.6 Å². The van der Waals surface area contributed by atoms with Gasteiger partial charge in [-0.2, -0.15) is 0 Å². The molecule has 2 aromatic carbocycles. The summed E-state index contributed by atoms with van der Waals surface area (Å²) in [7, 11) is 0. The number of amides is 2. The molecule has 0 unspecified atom stereocenters. The van der Waals surface area contributed by atoms with Crippen molar-refractivity contribution < 1.29 is 19.1 Å². The Hall–Kier alpha value is -3.02. The molecule has 1 fully saturated rings. The van der Waals surface area contributed by atoms with Gasteiger partial charge in [-0.25, -0.2) is 0 Å². The third-order valence-electron chi connectivity index (χ3n) is 6.82. The molecule has 0 radical (unpaired) electrons. The Morgan fingerprint density at radius 3 is 2.68 bits per heavy atom. The van der Waals surface area contributed by atoms with Crippen LogP contribution < -0.4 is 19.7 Å². The quantitative estimate of drug-likeness (QED) is 0.455. The topological polar surface area (TPSA) is 67.9 Å². The van der Waals surface area contributed by atoms with E-state index in [9.17, 15) is 9.59 Å². The van der Waals surface area contributed by atoms with Crippen molar-refractivity contribution in [3.63, 3.8) is 0 Å². The van der Waals surface area contributed by atoms with E-state index < -0.39 is 0 Å². The van der Waals surface area contributed by atoms with E-state index in [1.165, 1.54) is 37.7 Å². The van der Waals surface area contributed by atoms with E-state index in [1.54, 1.807) is 4.90 Å². The summed E-state index contributed by atoms with van der Waals surface area (Å²) >= 11 is 0. The van der Waals surface area contributed by atoms with Crippen molar-refractivity contribution in [3.05, 3.63) is 48.0 Å². The molecule has 1 N–H and O–H groups in total. The van der Waals surface area contributed by atoms with Crippen LogP contribution in [0.25, 0.3) is 0 Å². The predicted molar refractivity (Wildman–Crippen MR) is 135 cm³/mol. The Morgan fingerprint density at radius 2 is 1.91 bits per heavy atom. The lowest BCUT2D eigenvalue weighted by Crippen LogP contribution is -2.39. The number of carbonyl (C=O) groups is 2. The van der Waals surface area contributed by atoms with Crippen molar-refractivity contribution in [1.82, 2.24) is 0 Å². The average Bonchev–Trinajstić information content (AvgIpc) is 2.87. The van der Waals surface area contributed by atoms with Crippen LogP contribution in [0.4, 0.5) is 11.4 Å². The minimum Gasteiger partial charge on any atom is -0.494 e. The fraction of sp³-hybridized carbons (Fsp3) is 0.500. The van der Waals surface area contributed by atoms with Crippen LogP contribution in [0.2, 0.25) is 0 Å². The normalized spacial score (nSPS) is 16.0. The minimum absolute atomic E-state index is 0.0272. The van der Waals surface area contributed by atoms with Gasteiger partial charge in [0.05, 0.1) is 12.3 Å². The van der Waals surface area contributed by atoms with E-state index in [1.807, 2.05) is 30.3 Å². The van der Waals surface area contributed by atoms with Gasteiger partial charge in [-0.15, -0.1) is 0 Å². The van der Waals surface area contributed by atoms with Gasteiger partial charge in [-0.1, -0.05) is 51.2 Å². The van der Waals surface area contributed by atoms with Crippen LogP contribution in [0.5, 0.6) is 11.5 Å². The summed E-state index contributed by atoms with van der Waals surface area (Å²) in [5.74, 6) is 2.12. The first-order valence-corrected chi connectivity index (χ1v) is 12.7. The van der Waals surface area contributed by atoms with E-state index in [2.05, 4.69) is 24.4 Å². The summed E-state index contributed by atoms with van der Waals surface area (Å²) in [6.07, 6.45) is 9.58. The number of aryl methyl sites for hydroxylation is 1. The van der Waals surface area contributed by atoms with Crippen LogP contribution in [0.15, 0.2) is 42.5 Å². The molecule has 34 heavy (non-hydrogen) atoms. The highest BCUT2D eigenvalue weighted by Crippen LogP contribution is 2.35. The molecule has 2 amide bonds. The second-order valence-electron chi connectivity index (χ2n) is 9.31. The van der Waals surface area contributed by atoms with Gasteiger partial charge >= 0.3 is 0 Å². The molecule has 0 atom stereocenters. The number of anilines is 2. The Labute approximate surface area is 202 Å². The Kier molecular flexibility index (Phi) is 8.45. The Morgan fingerprint density at radius 1 is 1.12 bits per heavy atom. The molecule has 1 heterocycles. The largest absolute Gasteiger partial charge is 0.494 e. The van der Waals surface area contributed by atoms with E-state index >= 15 is 0 Å². The molecule has 4 rings (SSSR count). The summed E-state index contributed by atoms with van der Waals surface area (Å²) in [6.45, 7) is 3.20. The Bertz CT molecular complexity index is 967. The molecule has 0 saturated heterocycles. The molecular formula is C28H36N2O4. The zero-order chi connectivity index (χ0) is 23.8. The van der Waals surface area contributed by atoms with E-state index in [-0.39, 0.29) is 18.4 Å². The Balaban J connectivity index is 1.30. The van der Waals surface area contributed by atoms with Crippen LogP contribution >= 0.6 is 0 Å². The highest BCUT2D eigenvalue weighted by atomic mass is 16.5. The van der Waals surface area contributed by atoms with Crippen molar-refractivity contribution in [3.8, 4) is 11.5 Å². The summed E-state index contributed by atoms with van der Waals surface area (Å²) < 4.78 is 11.5. The predicted octanol–water partition coefficient (Wildman–Crippen LogP) is 5.74. The zero-order valence-corrected chi connectivity index (χ0v) is 20.2. The van der Waals surface area contributed by atoms with Crippen molar-refractivity contribution in [2.75, 3.05) is 30.0 Å². The summed E-state index contributed by atoms with van der Waals surface area (Å²) in [4.78, 5) is 26.8. The molecule has 1 aliphatic carbocycles. The monoisotopic (exact) mass is 464 g/mol. The standard InChI is InChI=1S/C28H36N2O4/c1-2-21-9-13-24(14-10-21)33-18-6-17-30-25-19-23(12-15-26(25)34-20-28(30)32)29-27(31)16-11-22-7-4-3-5-8-22/h9-10,12-15,19,22H,2-8,11,16-18,20H2,1H3,(H,29,31). The molecule has 2 aliphatic rings. The fourth-order valence-corrected chi connectivity index (χ4v) is 4.79. The van der Waals surface area contributed by atoms with Crippen molar-refractivity contribution >= 4 is 23.2 Å². The van der Waals surface area contributed by atoms with Gasteiger partial charge in [0.15, 0.2) is 6.61 Å². The van der Waals surface area contributed by atoms with Crippen molar-refractivity contribution in [2.45, 2.75) is 64.7 Å². The van der Waals surface area contributed by atoms with Gasteiger partial charge in [-0.3, -0.25) is 9.59 Å². The molecule has 0 bridgehead atoms. The van der Waals surface area contributed by atoms with Gasteiger partial charge in [0, 0.05) is 18.7 Å². The van der Waals surface area contributed by atoms with Gasteiger partial charge < -0.3 is 19.7 Å². The second kappa shape index (κ2) is 11.9. The SMILES string of the molecule is CCc1ccc(OCCCN2C(=O)COc3ccc(NC(=O)CCC4CCCCC4)cc32)cc1. The molecule has 2 aromatic rings. The first-order valence-electron chi connectivity index (χ1n) is 12.7. The molecule has 1 aliphatic heterocycles. The third kappa shape index (κ3) is 6.52. The molecule has 6 heteroatoms. The maximum Gasteiger partial charge on any atom is 0.265 e. The van der Waals surface area contributed by atoms with Crippen LogP contribution in [0.3, 0.4) is 0 Å². The molecular weight excluding hydrogens is 428 g/mol. The molecule has 0 spiro atoms. The van der Waals surface area contributed by atoms with Crippen LogP contribution in [0, 0.1) is 5.92 Å². The number of nitrogens with zero attached hydrogens (tertiary/aromatic N) is 1. The molecule has 1 saturated carbocycles. The lowest BCUT2D eigenvalue weighted by atomic mass is 9.86. The first-order chi connectivity index (χ1) is 16.6. The maximum absolute atomic E-state index is 12.6. The minimum atomic E-state index is -0.0828. The highest BCUT2D eigenvalue weighted by molar-refractivity contribution is 5.99. The fourth-order valence-electron chi connectivity index (χ4n) is 4.79. The number of nitrogens with one attached hydrogen (secondary N) is 1. The van der Waals surface area contributed by atoms with E-state index in [0.717, 1.165) is 18.6 Å². The number of carbonyl (C=O) groups excluding carboxylic acids is 2. The lowest BCUT2D eigenvalue weighted by Gasteiger charge is -2.30. The second-order valence-corrected chi connectivity index (χ2v) is 9.31. The van der Waals surface area contributed by atoms with E-state index in [4.69, 9.17) is 9.47 Å². The summed E-state index contributed by atoms with van der Waals surface area (Å²) in [6, 6.07) is 13.6. The number of hydrogen-bond acceptors (Lipinski definition) is 4. The van der Waals surface area contributed by atoms with Crippen LogP contribution in [-0.2, 0) is 16.0 Å². The average molecular weight is 465 g/mol. The number of fused-ring (bicyclic) bond motifs is 1. The van der Waals surface area contributed by atoms with Crippen LogP contribution in [0.1, 0.15) is 63.9 Å². The number of hydrogen-bond donors (Lipinski definition) is 1. The van der Waals surface area contributed by atoms with Gasteiger partial charge in [-0.05, 0) is 61.1 Å². The summed E-state index contributed by atoms with van der Waals surface area (Å²) in [5, 5.41) is 3.01. The number of ether oxygens (including phenoxy) is 2. The van der Waals surface area contributed by atoms with Gasteiger partial charge in [0.2, 0.25) is 5.91 Å². The van der Waals surface area contributed by atoms with Gasteiger partial charge in [0.1, 0.15) is 11.5 Å². The third-order valence-corrected chi connectivity index (χ3v) is 6.82. The van der Waals surface area contributed by atoms with Crippen molar-refractivity contribution in [2.24, 2.45) is 5.92 Å². The molecule has 0 aromatic heterocycles. The lowest BCUT2D eigenvalue weighted by molar-refractivity contribution is -0.121. The number of rotatable bonds is 10. The van der Waals surface area contributed by atoms with Crippen molar-refractivity contribution in [1.29, 1.82) is 0 Å². The molecule has 6 nitrogen and oxygen atoms in total. The molecule has 182 valence electrons. The van der Waals surface area contributed by atoms with Gasteiger partial charge in [0.25, 0.3) is 5.91 Å². The van der Waals surface area contributed by atoms with E-state index in [0.29, 0.717) is 49.0 Å². The number of benzene rings is 2. The maximum atomic E-state index is 12.6. The summed E-state index contributed by atoms with van der Waals surface area (Å²) in [5.41, 5.74) is 2.68. The zero-order valence-electron chi connectivity index (χ0n) is 20.2. The smallest absolute Gasteiger partial charge is 0.265 e. The first kappa shape index (κ1) is 24.1. The highest BCUT2D eigenvalue weighted by Gasteiger charge is 2.26.